The van der Waals surface area contributed by atoms with Crippen LogP contribution in [0.5, 0.6) is 0 Å². The first-order valence-electron chi connectivity index (χ1n) is 7.65. The smallest absolute Gasteiger partial charge is 0.329 e. The molecule has 4 nitrogen and oxygen atoms in total. The van der Waals surface area contributed by atoms with Crippen LogP contribution < -0.4 is 0 Å². The molecule has 0 aliphatic carbocycles. The summed E-state index contributed by atoms with van der Waals surface area (Å²) in [4.78, 5) is 9.84. The van der Waals surface area contributed by atoms with E-state index in [4.69, 9.17) is 10.2 Å². The standard InChI is InChI=1S/C12H26O2.C4H6O2/c1-2-3-4-5-6-7-8-9-10-11-12(13)14;1-3-4(5)6-2/h12-14H,2-11H2,1H3;3H,1H2,2H3. The molecule has 0 rings (SSSR count). The lowest BCUT2D eigenvalue weighted by Gasteiger charge is -2.03. The third kappa shape index (κ3) is 22.3. The number of aliphatic hydroxyl groups is 2. The number of hydrogen-bond donors (Lipinski definition) is 2. The van der Waals surface area contributed by atoms with Crippen LogP contribution in [-0.2, 0) is 9.53 Å². The lowest BCUT2D eigenvalue weighted by molar-refractivity contribution is -0.134. The molecule has 0 atom stereocenters. The molecule has 120 valence electrons. The fourth-order valence-corrected chi connectivity index (χ4v) is 1.72. The van der Waals surface area contributed by atoms with Crippen molar-refractivity contribution in [1.29, 1.82) is 0 Å². The van der Waals surface area contributed by atoms with Crippen molar-refractivity contribution in [3.8, 4) is 0 Å². The highest BCUT2D eigenvalue weighted by Gasteiger charge is 1.96. The van der Waals surface area contributed by atoms with Crippen LogP contribution in [0.25, 0.3) is 0 Å². The number of carbonyl (C=O) groups excluding carboxylic acids is 1. The molecule has 0 unspecified atom stereocenters. The van der Waals surface area contributed by atoms with Gasteiger partial charge in [0.1, 0.15) is 0 Å². The molecular weight excluding hydrogens is 256 g/mol. The van der Waals surface area contributed by atoms with E-state index < -0.39 is 12.3 Å². The minimum Gasteiger partial charge on any atom is -0.466 e. The fourth-order valence-electron chi connectivity index (χ4n) is 1.72. The minimum absolute atomic E-state index is 0.394. The van der Waals surface area contributed by atoms with Crippen molar-refractivity contribution in [3.05, 3.63) is 12.7 Å². The SMILES string of the molecule is C=CC(=O)OC.CCCCCCCCCCCC(O)O. The van der Waals surface area contributed by atoms with Crippen molar-refractivity contribution < 1.29 is 19.7 Å². The first-order chi connectivity index (χ1) is 9.58. The van der Waals surface area contributed by atoms with E-state index in [-0.39, 0.29) is 0 Å². The van der Waals surface area contributed by atoms with Crippen molar-refractivity contribution in [2.75, 3.05) is 7.11 Å². The number of hydrogen-bond acceptors (Lipinski definition) is 4. The van der Waals surface area contributed by atoms with Crippen molar-refractivity contribution >= 4 is 5.97 Å². The van der Waals surface area contributed by atoms with Gasteiger partial charge in [0, 0.05) is 6.08 Å². The summed E-state index contributed by atoms with van der Waals surface area (Å²) < 4.78 is 4.14. The zero-order chi connectivity index (χ0) is 15.6. The maximum atomic E-state index is 9.84. The zero-order valence-corrected chi connectivity index (χ0v) is 13.1. The van der Waals surface area contributed by atoms with Gasteiger partial charge in [0.15, 0.2) is 6.29 Å². The molecule has 0 radical (unpaired) electrons. The van der Waals surface area contributed by atoms with Gasteiger partial charge >= 0.3 is 5.97 Å². The number of esters is 1. The highest BCUT2D eigenvalue weighted by molar-refractivity contribution is 5.80. The molecule has 4 heteroatoms. The van der Waals surface area contributed by atoms with Crippen LogP contribution in [0, 0.1) is 0 Å². The number of unbranched alkanes of at least 4 members (excludes halogenated alkanes) is 8. The van der Waals surface area contributed by atoms with Gasteiger partial charge in [0.2, 0.25) is 0 Å². The lowest BCUT2D eigenvalue weighted by Crippen LogP contribution is -2.02. The fraction of sp³-hybridized carbons (Fsp3) is 0.812. The third-order valence-corrected chi connectivity index (χ3v) is 2.93. The number of ether oxygens (including phenoxy) is 1. The topological polar surface area (TPSA) is 66.8 Å². The Kier molecular flexibility index (Phi) is 19.4. The number of rotatable bonds is 11. The Morgan fingerprint density at radius 1 is 1.05 bits per heavy atom. The average Bonchev–Trinajstić information content (AvgIpc) is 2.45. The molecule has 0 amide bonds. The van der Waals surface area contributed by atoms with Crippen LogP contribution in [0.4, 0.5) is 0 Å². The molecule has 0 saturated carbocycles. The van der Waals surface area contributed by atoms with E-state index in [0.29, 0.717) is 6.42 Å². The minimum atomic E-state index is -1.10. The van der Waals surface area contributed by atoms with Gasteiger partial charge in [0.05, 0.1) is 7.11 Å². The number of aliphatic hydroxyl groups excluding tert-OH is 1. The van der Waals surface area contributed by atoms with Crippen LogP contribution >= 0.6 is 0 Å². The zero-order valence-electron chi connectivity index (χ0n) is 13.1. The molecular formula is C16H32O4. The molecule has 0 aliphatic heterocycles. The Morgan fingerprint density at radius 2 is 1.50 bits per heavy atom. The third-order valence-electron chi connectivity index (χ3n) is 2.93. The van der Waals surface area contributed by atoms with Crippen LogP contribution in [0.3, 0.4) is 0 Å². The van der Waals surface area contributed by atoms with E-state index in [0.717, 1.165) is 18.9 Å². The molecule has 0 spiro atoms. The average molecular weight is 288 g/mol. The Morgan fingerprint density at radius 3 is 1.80 bits per heavy atom. The summed E-state index contributed by atoms with van der Waals surface area (Å²) in [7, 11) is 1.31. The lowest BCUT2D eigenvalue weighted by atomic mass is 10.1. The van der Waals surface area contributed by atoms with E-state index in [1.165, 1.54) is 52.1 Å². The van der Waals surface area contributed by atoms with E-state index in [1.807, 2.05) is 0 Å². The van der Waals surface area contributed by atoms with Crippen LogP contribution in [0.1, 0.15) is 71.1 Å². The van der Waals surface area contributed by atoms with Gasteiger partial charge in [-0.2, -0.15) is 0 Å². The van der Waals surface area contributed by atoms with Gasteiger partial charge in [-0.15, -0.1) is 0 Å². The number of carbonyl (C=O) groups is 1. The normalized spacial score (nSPS) is 9.85. The van der Waals surface area contributed by atoms with Crippen molar-refractivity contribution in [2.24, 2.45) is 0 Å². The summed E-state index contributed by atoms with van der Waals surface area (Å²) in [5.74, 6) is -0.394. The Hall–Kier alpha value is -0.870. The Balaban J connectivity index is 0. The summed E-state index contributed by atoms with van der Waals surface area (Å²) in [6.45, 7) is 5.39. The van der Waals surface area contributed by atoms with E-state index in [9.17, 15) is 4.79 Å². The Bertz CT molecular complexity index is 215. The molecule has 0 aromatic rings. The largest absolute Gasteiger partial charge is 0.466 e. The summed E-state index contributed by atoms with van der Waals surface area (Å²) in [5, 5.41) is 17.2. The monoisotopic (exact) mass is 288 g/mol. The highest BCUT2D eigenvalue weighted by atomic mass is 16.5. The van der Waals surface area contributed by atoms with E-state index >= 15 is 0 Å². The molecule has 0 saturated heterocycles. The van der Waals surface area contributed by atoms with Gasteiger partial charge in [0.25, 0.3) is 0 Å². The first kappa shape index (κ1) is 21.4. The quantitative estimate of drug-likeness (QED) is 0.264. The van der Waals surface area contributed by atoms with Crippen molar-refractivity contribution in [1.82, 2.24) is 0 Å². The van der Waals surface area contributed by atoms with Crippen molar-refractivity contribution in [2.45, 2.75) is 77.4 Å². The molecule has 0 bridgehead atoms. The van der Waals surface area contributed by atoms with Crippen LogP contribution in [0.15, 0.2) is 12.7 Å². The van der Waals surface area contributed by atoms with Gasteiger partial charge in [-0.25, -0.2) is 4.79 Å². The van der Waals surface area contributed by atoms with Gasteiger partial charge < -0.3 is 14.9 Å². The van der Waals surface area contributed by atoms with E-state index in [2.05, 4.69) is 18.2 Å². The summed E-state index contributed by atoms with van der Waals surface area (Å²) in [5.41, 5.74) is 0. The maximum Gasteiger partial charge on any atom is 0.329 e. The van der Waals surface area contributed by atoms with Crippen LogP contribution in [-0.4, -0.2) is 29.6 Å². The molecule has 0 aromatic carbocycles. The van der Waals surface area contributed by atoms with Crippen LogP contribution in [0.2, 0.25) is 0 Å². The predicted molar refractivity (Wildman–Crippen MR) is 82.3 cm³/mol. The molecule has 20 heavy (non-hydrogen) atoms. The summed E-state index contributed by atoms with van der Waals surface area (Å²) in [6, 6.07) is 0. The van der Waals surface area contributed by atoms with Gasteiger partial charge in [-0.1, -0.05) is 64.9 Å². The molecule has 0 heterocycles. The second-order valence-electron chi connectivity index (χ2n) is 4.83. The number of methoxy groups -OCH3 is 1. The summed E-state index contributed by atoms with van der Waals surface area (Å²) >= 11 is 0. The first-order valence-corrected chi connectivity index (χ1v) is 7.65. The maximum absolute atomic E-state index is 9.84. The second kappa shape index (κ2) is 18.1. The van der Waals surface area contributed by atoms with Gasteiger partial charge in [-0.3, -0.25) is 0 Å². The Labute approximate surface area is 123 Å². The predicted octanol–water partition coefficient (Wildman–Crippen LogP) is 3.56. The van der Waals surface area contributed by atoms with Gasteiger partial charge in [-0.05, 0) is 12.8 Å². The molecule has 0 aromatic heterocycles. The second-order valence-corrected chi connectivity index (χ2v) is 4.83. The van der Waals surface area contributed by atoms with E-state index in [1.54, 1.807) is 0 Å². The van der Waals surface area contributed by atoms with Crippen molar-refractivity contribution in [3.63, 3.8) is 0 Å². The molecule has 2 N–H and O–H groups in total. The molecule has 0 fully saturated rings. The summed E-state index contributed by atoms with van der Waals surface area (Å²) in [6.07, 6.45) is 12.0. The molecule has 0 aliphatic rings. The highest BCUT2D eigenvalue weighted by Crippen LogP contribution is 2.10.